The molecule has 0 aromatic rings. The van der Waals surface area contributed by atoms with E-state index in [1.54, 1.807) is 6.08 Å². The van der Waals surface area contributed by atoms with Crippen molar-refractivity contribution in [3.8, 4) is 0 Å². The molecule has 52 valence electrons. The van der Waals surface area contributed by atoms with Crippen LogP contribution in [-0.4, -0.2) is 11.2 Å². The third-order valence-electron chi connectivity index (χ3n) is 1.74. The largest absolute Gasteiger partial charge is 0.393 e. The second-order valence-electron chi connectivity index (χ2n) is 2.86. The zero-order valence-electron chi connectivity index (χ0n) is 5.71. The lowest BCUT2D eigenvalue weighted by atomic mass is 10.1. The second-order valence-corrected chi connectivity index (χ2v) is 2.86. The van der Waals surface area contributed by atoms with Gasteiger partial charge >= 0.3 is 0 Å². The van der Waals surface area contributed by atoms with E-state index in [1.165, 1.54) is 12.8 Å². The van der Waals surface area contributed by atoms with E-state index in [4.69, 9.17) is 0 Å². The molecule has 1 heteroatoms. The van der Waals surface area contributed by atoms with Crippen molar-refractivity contribution in [2.75, 3.05) is 0 Å². The molecule has 0 unspecified atom stereocenters. The molecule has 0 aliphatic heterocycles. The molecule has 0 aromatic carbocycles. The van der Waals surface area contributed by atoms with E-state index >= 15 is 0 Å². The first-order valence-electron chi connectivity index (χ1n) is 3.62. The molecule has 0 amide bonds. The fraction of sp³-hybridized carbons (Fsp3) is 0.750. The first-order valence-corrected chi connectivity index (χ1v) is 3.62. The minimum absolute atomic E-state index is 0.116. The Morgan fingerprint density at radius 1 is 1.67 bits per heavy atom. The molecule has 1 N–H and O–H groups in total. The molecule has 1 nitrogen and oxygen atoms in total. The molecule has 1 saturated carbocycles. The van der Waals surface area contributed by atoms with Gasteiger partial charge in [0.25, 0.3) is 0 Å². The lowest BCUT2D eigenvalue weighted by Gasteiger charge is -2.04. The molecule has 1 rings (SSSR count). The maximum absolute atomic E-state index is 9.19. The first kappa shape index (κ1) is 6.81. The van der Waals surface area contributed by atoms with E-state index in [0.29, 0.717) is 0 Å². The minimum atomic E-state index is -0.116. The van der Waals surface area contributed by atoms with Gasteiger partial charge in [-0.3, -0.25) is 0 Å². The highest BCUT2D eigenvalue weighted by atomic mass is 16.3. The average molecular weight is 126 g/mol. The van der Waals surface area contributed by atoms with Gasteiger partial charge in [-0.15, -0.1) is 6.58 Å². The van der Waals surface area contributed by atoms with Crippen LogP contribution in [0.3, 0.4) is 0 Å². The van der Waals surface area contributed by atoms with Crippen molar-refractivity contribution in [2.24, 2.45) is 5.92 Å². The third-order valence-corrected chi connectivity index (χ3v) is 1.74. The van der Waals surface area contributed by atoms with Gasteiger partial charge in [-0.25, -0.2) is 0 Å². The van der Waals surface area contributed by atoms with Crippen LogP contribution < -0.4 is 0 Å². The molecular formula is C8H14O. The molecule has 0 saturated heterocycles. The second kappa shape index (κ2) is 3.02. The number of rotatable bonds is 4. The molecular weight excluding hydrogens is 112 g/mol. The van der Waals surface area contributed by atoms with Crippen molar-refractivity contribution in [3.05, 3.63) is 12.7 Å². The number of hydrogen-bond acceptors (Lipinski definition) is 1. The third kappa shape index (κ3) is 2.66. The molecule has 0 radical (unpaired) electrons. The topological polar surface area (TPSA) is 20.2 Å². The van der Waals surface area contributed by atoms with Crippen molar-refractivity contribution in [1.29, 1.82) is 0 Å². The molecule has 1 aliphatic carbocycles. The zero-order valence-corrected chi connectivity index (χ0v) is 5.71. The molecule has 0 aromatic heterocycles. The fourth-order valence-corrected chi connectivity index (χ4v) is 1.03. The molecule has 1 fully saturated rings. The SMILES string of the molecule is C=CC[C@@H](O)CC1CC1. The van der Waals surface area contributed by atoms with Gasteiger partial charge in [0.1, 0.15) is 0 Å². The summed E-state index contributed by atoms with van der Waals surface area (Å²) < 4.78 is 0. The van der Waals surface area contributed by atoms with E-state index in [-0.39, 0.29) is 6.10 Å². The summed E-state index contributed by atoms with van der Waals surface area (Å²) in [5, 5.41) is 9.19. The summed E-state index contributed by atoms with van der Waals surface area (Å²) >= 11 is 0. The van der Waals surface area contributed by atoms with Crippen molar-refractivity contribution in [3.63, 3.8) is 0 Å². The quantitative estimate of drug-likeness (QED) is 0.569. The summed E-state index contributed by atoms with van der Waals surface area (Å²) in [6.07, 6.45) is 6.08. The van der Waals surface area contributed by atoms with Crippen LogP contribution >= 0.6 is 0 Å². The Balaban J connectivity index is 2.01. The summed E-state index contributed by atoms with van der Waals surface area (Å²) in [7, 11) is 0. The van der Waals surface area contributed by atoms with Gasteiger partial charge < -0.3 is 5.11 Å². The number of aliphatic hydroxyl groups excluding tert-OH is 1. The lowest BCUT2D eigenvalue weighted by molar-refractivity contribution is 0.161. The Morgan fingerprint density at radius 2 is 2.33 bits per heavy atom. The van der Waals surface area contributed by atoms with Gasteiger partial charge in [-0.05, 0) is 18.8 Å². The van der Waals surface area contributed by atoms with Gasteiger partial charge in [0, 0.05) is 0 Å². The van der Waals surface area contributed by atoms with Gasteiger partial charge in [-0.2, -0.15) is 0 Å². The molecule has 9 heavy (non-hydrogen) atoms. The Kier molecular flexibility index (Phi) is 2.29. The standard InChI is InChI=1S/C8H14O/c1-2-3-8(9)6-7-4-5-7/h2,7-9H,1,3-6H2/t8-/m1/s1. The lowest BCUT2D eigenvalue weighted by Crippen LogP contribution is -2.04. The maximum Gasteiger partial charge on any atom is 0.0577 e. The van der Waals surface area contributed by atoms with Gasteiger partial charge in [0.15, 0.2) is 0 Å². The van der Waals surface area contributed by atoms with Crippen LogP contribution in [0.25, 0.3) is 0 Å². The highest BCUT2D eigenvalue weighted by molar-refractivity contribution is 4.80. The monoisotopic (exact) mass is 126 g/mol. The predicted molar refractivity (Wildman–Crippen MR) is 38.2 cm³/mol. The molecule has 0 spiro atoms. The molecule has 0 bridgehead atoms. The van der Waals surface area contributed by atoms with E-state index in [1.807, 2.05) is 0 Å². The fourth-order valence-electron chi connectivity index (χ4n) is 1.03. The summed E-state index contributed by atoms with van der Waals surface area (Å²) in [6, 6.07) is 0. The molecule has 1 atom stereocenters. The van der Waals surface area contributed by atoms with Crippen LogP contribution in [-0.2, 0) is 0 Å². The highest BCUT2D eigenvalue weighted by Gasteiger charge is 2.23. The number of aliphatic hydroxyl groups is 1. The Labute approximate surface area is 56.4 Å². The van der Waals surface area contributed by atoms with Crippen molar-refractivity contribution >= 4 is 0 Å². The van der Waals surface area contributed by atoms with E-state index in [2.05, 4.69) is 6.58 Å². The predicted octanol–water partition coefficient (Wildman–Crippen LogP) is 1.72. The summed E-state index contributed by atoms with van der Waals surface area (Å²) in [6.45, 7) is 3.57. The summed E-state index contributed by atoms with van der Waals surface area (Å²) in [5.74, 6) is 0.833. The zero-order chi connectivity index (χ0) is 6.69. The normalized spacial score (nSPS) is 21.4. The smallest absolute Gasteiger partial charge is 0.0577 e. The van der Waals surface area contributed by atoms with Crippen LogP contribution in [0.4, 0.5) is 0 Å². The van der Waals surface area contributed by atoms with Crippen molar-refractivity contribution in [2.45, 2.75) is 31.8 Å². The van der Waals surface area contributed by atoms with Crippen molar-refractivity contribution in [1.82, 2.24) is 0 Å². The molecule has 0 heterocycles. The Morgan fingerprint density at radius 3 is 2.78 bits per heavy atom. The first-order chi connectivity index (χ1) is 4.33. The van der Waals surface area contributed by atoms with Crippen LogP contribution in [0.15, 0.2) is 12.7 Å². The van der Waals surface area contributed by atoms with E-state index in [9.17, 15) is 5.11 Å². The van der Waals surface area contributed by atoms with Crippen LogP contribution in [0.5, 0.6) is 0 Å². The van der Waals surface area contributed by atoms with Crippen LogP contribution in [0, 0.1) is 5.92 Å². The van der Waals surface area contributed by atoms with Gasteiger partial charge in [0.2, 0.25) is 0 Å². The Hall–Kier alpha value is -0.300. The van der Waals surface area contributed by atoms with Gasteiger partial charge in [-0.1, -0.05) is 18.9 Å². The van der Waals surface area contributed by atoms with Gasteiger partial charge in [0.05, 0.1) is 6.10 Å². The van der Waals surface area contributed by atoms with E-state index in [0.717, 1.165) is 18.8 Å². The maximum atomic E-state index is 9.19. The van der Waals surface area contributed by atoms with Crippen molar-refractivity contribution < 1.29 is 5.11 Å². The summed E-state index contributed by atoms with van der Waals surface area (Å²) in [5.41, 5.74) is 0. The minimum Gasteiger partial charge on any atom is -0.393 e. The average Bonchev–Trinajstić information content (AvgIpc) is 2.50. The molecule has 1 aliphatic rings. The Bertz CT molecular complexity index is 94.7. The number of hydrogen-bond donors (Lipinski definition) is 1. The summed E-state index contributed by atoms with van der Waals surface area (Å²) in [4.78, 5) is 0. The van der Waals surface area contributed by atoms with Crippen LogP contribution in [0.2, 0.25) is 0 Å². The van der Waals surface area contributed by atoms with E-state index < -0.39 is 0 Å². The van der Waals surface area contributed by atoms with Crippen LogP contribution in [0.1, 0.15) is 25.7 Å². The highest BCUT2D eigenvalue weighted by Crippen LogP contribution is 2.33.